The van der Waals surface area contributed by atoms with Crippen LogP contribution in [0.25, 0.3) is 0 Å². The summed E-state index contributed by atoms with van der Waals surface area (Å²) in [6.45, 7) is 6.71. The summed E-state index contributed by atoms with van der Waals surface area (Å²) < 4.78 is 0. The van der Waals surface area contributed by atoms with Crippen LogP contribution in [0.2, 0.25) is 0 Å². The van der Waals surface area contributed by atoms with E-state index in [2.05, 4.69) is 45.0 Å². The Kier molecular flexibility index (Phi) is 1.87. The Balaban J connectivity index is 2.17. The van der Waals surface area contributed by atoms with Crippen molar-refractivity contribution in [1.82, 2.24) is 0 Å². The summed E-state index contributed by atoms with van der Waals surface area (Å²) in [6.07, 6.45) is 2.15. The average molecular weight is 216 g/mol. The Hall–Kier alpha value is -0.820. The van der Waals surface area contributed by atoms with Gasteiger partial charge in [-0.25, -0.2) is 0 Å². The predicted octanol–water partition coefficient (Wildman–Crippen LogP) is 3.22. The maximum absolute atomic E-state index is 10.6. The highest BCUT2D eigenvalue weighted by Crippen LogP contribution is 2.63. The van der Waals surface area contributed by atoms with Gasteiger partial charge in [-0.3, -0.25) is 0 Å². The van der Waals surface area contributed by atoms with E-state index >= 15 is 0 Å². The van der Waals surface area contributed by atoms with E-state index in [9.17, 15) is 5.11 Å². The molecule has 0 radical (unpaired) electrons. The van der Waals surface area contributed by atoms with Gasteiger partial charge in [0, 0.05) is 11.3 Å². The van der Waals surface area contributed by atoms with Gasteiger partial charge in [-0.2, -0.15) is 0 Å². The lowest BCUT2D eigenvalue weighted by Gasteiger charge is -2.32. The first-order valence-electron chi connectivity index (χ1n) is 6.24. The fourth-order valence-corrected chi connectivity index (χ4v) is 3.51. The lowest BCUT2D eigenvalue weighted by molar-refractivity contribution is 0.0737. The van der Waals surface area contributed by atoms with Crippen molar-refractivity contribution in [1.29, 1.82) is 0 Å². The van der Waals surface area contributed by atoms with Gasteiger partial charge in [0.25, 0.3) is 0 Å². The molecular formula is C15H20O. The highest BCUT2D eigenvalue weighted by atomic mass is 16.3. The van der Waals surface area contributed by atoms with E-state index in [1.807, 2.05) is 0 Å². The fourth-order valence-electron chi connectivity index (χ4n) is 3.51. The third-order valence-corrected chi connectivity index (χ3v) is 4.44. The summed E-state index contributed by atoms with van der Waals surface area (Å²) >= 11 is 0. The molecule has 0 aliphatic heterocycles. The van der Waals surface area contributed by atoms with Crippen LogP contribution in [-0.2, 0) is 5.41 Å². The molecule has 3 rings (SSSR count). The van der Waals surface area contributed by atoms with Crippen molar-refractivity contribution < 1.29 is 5.11 Å². The number of benzene rings is 1. The first-order valence-corrected chi connectivity index (χ1v) is 6.24. The van der Waals surface area contributed by atoms with Crippen molar-refractivity contribution >= 4 is 0 Å². The molecule has 1 nitrogen and oxygen atoms in total. The SMILES string of the molecule is CC(C)(C)C1c2ccccc2C2(CC2)C1O. The largest absolute Gasteiger partial charge is 0.392 e. The Labute approximate surface area is 97.5 Å². The number of aliphatic hydroxyl groups is 1. The van der Waals surface area contributed by atoms with Crippen LogP contribution in [0.1, 0.15) is 50.7 Å². The van der Waals surface area contributed by atoms with E-state index in [-0.39, 0.29) is 16.9 Å². The third-order valence-electron chi connectivity index (χ3n) is 4.44. The van der Waals surface area contributed by atoms with E-state index in [1.54, 1.807) is 0 Å². The standard InChI is InChI=1S/C15H20O/c1-14(2,3)12-10-6-4-5-7-11(10)15(8-9-15)13(12)16/h4-7,12-13,16H,8-9H2,1-3H3. The smallest absolute Gasteiger partial charge is 0.0710 e. The second-order valence-electron chi connectivity index (χ2n) is 6.53. The summed E-state index contributed by atoms with van der Waals surface area (Å²) in [4.78, 5) is 0. The van der Waals surface area contributed by atoms with Gasteiger partial charge in [0.1, 0.15) is 0 Å². The molecule has 0 saturated heterocycles. The van der Waals surface area contributed by atoms with Crippen LogP contribution in [0.15, 0.2) is 24.3 Å². The molecule has 16 heavy (non-hydrogen) atoms. The number of hydrogen-bond donors (Lipinski definition) is 1. The molecule has 1 saturated carbocycles. The minimum absolute atomic E-state index is 0.120. The van der Waals surface area contributed by atoms with Crippen LogP contribution in [0.4, 0.5) is 0 Å². The maximum atomic E-state index is 10.6. The molecule has 2 atom stereocenters. The molecule has 1 fully saturated rings. The Morgan fingerprint density at radius 2 is 1.81 bits per heavy atom. The lowest BCUT2D eigenvalue weighted by Crippen LogP contribution is -2.31. The zero-order valence-electron chi connectivity index (χ0n) is 10.3. The molecule has 1 spiro atoms. The van der Waals surface area contributed by atoms with Crippen molar-refractivity contribution in [3.63, 3.8) is 0 Å². The zero-order valence-corrected chi connectivity index (χ0v) is 10.3. The second-order valence-corrected chi connectivity index (χ2v) is 6.53. The van der Waals surface area contributed by atoms with Crippen molar-refractivity contribution in [2.75, 3.05) is 0 Å². The maximum Gasteiger partial charge on any atom is 0.0710 e. The Morgan fingerprint density at radius 1 is 1.19 bits per heavy atom. The summed E-state index contributed by atoms with van der Waals surface area (Å²) in [5, 5.41) is 10.6. The van der Waals surface area contributed by atoms with E-state index in [0.29, 0.717) is 5.92 Å². The van der Waals surface area contributed by atoms with Crippen molar-refractivity contribution in [3.8, 4) is 0 Å². The Bertz CT molecular complexity index is 423. The van der Waals surface area contributed by atoms with E-state index < -0.39 is 0 Å². The number of rotatable bonds is 0. The number of fused-ring (bicyclic) bond motifs is 2. The number of aliphatic hydroxyl groups excluding tert-OH is 1. The van der Waals surface area contributed by atoms with Crippen LogP contribution in [0, 0.1) is 5.41 Å². The van der Waals surface area contributed by atoms with E-state index in [4.69, 9.17) is 0 Å². The van der Waals surface area contributed by atoms with Gasteiger partial charge >= 0.3 is 0 Å². The van der Waals surface area contributed by atoms with Crippen LogP contribution in [0.5, 0.6) is 0 Å². The summed E-state index contributed by atoms with van der Waals surface area (Å²) in [5.74, 6) is 0.297. The van der Waals surface area contributed by atoms with Gasteiger partial charge in [0.05, 0.1) is 6.10 Å². The third kappa shape index (κ3) is 1.15. The molecule has 2 unspecified atom stereocenters. The van der Waals surface area contributed by atoms with Crippen molar-refractivity contribution in [2.45, 2.75) is 51.0 Å². The normalized spacial score (nSPS) is 30.5. The van der Waals surface area contributed by atoms with Crippen LogP contribution < -0.4 is 0 Å². The highest BCUT2D eigenvalue weighted by Gasteiger charge is 2.60. The minimum Gasteiger partial charge on any atom is -0.392 e. The summed E-state index contributed by atoms with van der Waals surface area (Å²) in [6, 6.07) is 8.64. The lowest BCUT2D eigenvalue weighted by atomic mass is 9.75. The molecule has 0 heterocycles. The molecule has 0 bridgehead atoms. The first kappa shape index (κ1) is 10.3. The molecule has 2 aliphatic rings. The quantitative estimate of drug-likeness (QED) is 0.706. The van der Waals surface area contributed by atoms with Crippen LogP contribution >= 0.6 is 0 Å². The molecule has 86 valence electrons. The highest BCUT2D eigenvalue weighted by molar-refractivity contribution is 5.49. The summed E-state index contributed by atoms with van der Waals surface area (Å²) in [7, 11) is 0. The molecule has 0 amide bonds. The van der Waals surface area contributed by atoms with Crippen LogP contribution in [0.3, 0.4) is 0 Å². The second kappa shape index (κ2) is 2.89. The zero-order chi connectivity index (χ0) is 11.6. The molecule has 1 aromatic rings. The first-order chi connectivity index (χ1) is 7.47. The summed E-state index contributed by atoms with van der Waals surface area (Å²) in [5.41, 5.74) is 3.07. The molecule has 2 aliphatic carbocycles. The van der Waals surface area contributed by atoms with Gasteiger partial charge in [-0.15, -0.1) is 0 Å². The van der Waals surface area contributed by atoms with E-state index in [1.165, 1.54) is 11.1 Å². The monoisotopic (exact) mass is 216 g/mol. The Morgan fingerprint density at radius 3 is 2.38 bits per heavy atom. The molecule has 0 aromatic heterocycles. The van der Waals surface area contributed by atoms with Crippen molar-refractivity contribution in [2.24, 2.45) is 5.41 Å². The molecule has 1 N–H and O–H groups in total. The van der Waals surface area contributed by atoms with Gasteiger partial charge in [0.2, 0.25) is 0 Å². The predicted molar refractivity (Wildman–Crippen MR) is 65.6 cm³/mol. The topological polar surface area (TPSA) is 20.2 Å². The van der Waals surface area contributed by atoms with Crippen molar-refractivity contribution in [3.05, 3.63) is 35.4 Å². The van der Waals surface area contributed by atoms with Gasteiger partial charge in [-0.1, -0.05) is 45.0 Å². The van der Waals surface area contributed by atoms with Gasteiger partial charge in [-0.05, 0) is 29.4 Å². The average Bonchev–Trinajstić information content (AvgIpc) is 2.92. The minimum atomic E-state index is -0.176. The van der Waals surface area contributed by atoms with E-state index in [0.717, 1.165) is 12.8 Å². The van der Waals surface area contributed by atoms with Crippen LogP contribution in [-0.4, -0.2) is 11.2 Å². The number of hydrogen-bond acceptors (Lipinski definition) is 1. The van der Waals surface area contributed by atoms with Gasteiger partial charge in [0.15, 0.2) is 0 Å². The molecule has 1 heteroatoms. The van der Waals surface area contributed by atoms with Gasteiger partial charge < -0.3 is 5.11 Å². The fraction of sp³-hybridized carbons (Fsp3) is 0.600. The molecular weight excluding hydrogens is 196 g/mol. The molecule has 1 aromatic carbocycles.